The van der Waals surface area contributed by atoms with E-state index in [1.54, 1.807) is 0 Å². The summed E-state index contributed by atoms with van der Waals surface area (Å²) >= 11 is 1.21. The van der Waals surface area contributed by atoms with Gasteiger partial charge in [0.25, 0.3) is 0 Å². The number of aryl methyl sites for hydroxylation is 2. The Bertz CT molecular complexity index is 847. The van der Waals surface area contributed by atoms with Gasteiger partial charge in [-0.05, 0) is 31.0 Å². The molecule has 3 nitrogen and oxygen atoms in total. The highest BCUT2D eigenvalue weighted by Gasteiger charge is 2.17. The van der Waals surface area contributed by atoms with Crippen molar-refractivity contribution in [2.45, 2.75) is 13.8 Å². The second-order valence-electron chi connectivity index (χ2n) is 5.04. The number of aromatic nitrogens is 1. The lowest BCUT2D eigenvalue weighted by molar-refractivity contribution is 0.491. The van der Waals surface area contributed by atoms with Gasteiger partial charge in [0, 0.05) is 17.1 Å². The molecule has 0 aliphatic carbocycles. The third-order valence-corrected chi connectivity index (χ3v) is 4.09. The van der Waals surface area contributed by atoms with E-state index in [4.69, 9.17) is 4.74 Å². The molecule has 3 aromatic rings. The van der Waals surface area contributed by atoms with Gasteiger partial charge in [-0.2, -0.15) is 9.64 Å². The minimum absolute atomic E-state index is 0.483. The highest BCUT2D eigenvalue weighted by molar-refractivity contribution is 7.08. The number of hydrogen-bond donors (Lipinski definition) is 0. The number of nitrogens with zero attached hydrogens (tertiary/aromatic N) is 2. The van der Waals surface area contributed by atoms with Crippen LogP contribution in [0.3, 0.4) is 0 Å². The number of nitriles is 1. The fraction of sp³-hybridized carbons (Fsp3) is 0.111. The van der Waals surface area contributed by atoms with Crippen molar-refractivity contribution in [2.24, 2.45) is 0 Å². The lowest BCUT2D eigenvalue weighted by Gasteiger charge is -2.07. The minimum atomic E-state index is 0.483. The average Bonchev–Trinajstić information content (AvgIpc) is 2.94. The molecule has 0 aliphatic rings. The normalized spacial score (nSPS) is 10.2. The topological polar surface area (TPSA) is 45.9 Å². The number of ether oxygens (including phenoxy) is 1. The molecule has 0 saturated carbocycles. The molecule has 22 heavy (non-hydrogen) atoms. The first-order valence-corrected chi connectivity index (χ1v) is 7.66. The van der Waals surface area contributed by atoms with Crippen molar-refractivity contribution in [2.75, 3.05) is 0 Å². The number of benzene rings is 2. The standard InChI is InChI=1S/C18H14N2OS/c1-12-8-9-13(2)16(10-12)21-18-15(11-19)17(20-22-18)14-6-4-3-5-7-14/h3-10H,1-2H3. The van der Waals surface area contributed by atoms with Crippen molar-refractivity contribution in [3.05, 3.63) is 65.2 Å². The molecule has 0 atom stereocenters. The summed E-state index contributed by atoms with van der Waals surface area (Å²) in [6.45, 7) is 4.00. The maximum absolute atomic E-state index is 9.49. The molecule has 4 heteroatoms. The quantitative estimate of drug-likeness (QED) is 0.677. The number of rotatable bonds is 3. The van der Waals surface area contributed by atoms with Gasteiger partial charge in [-0.1, -0.05) is 42.5 Å². The Morgan fingerprint density at radius 1 is 1.09 bits per heavy atom. The van der Waals surface area contributed by atoms with E-state index in [-0.39, 0.29) is 0 Å². The van der Waals surface area contributed by atoms with Crippen LogP contribution < -0.4 is 4.74 Å². The zero-order valence-corrected chi connectivity index (χ0v) is 13.1. The third-order valence-electron chi connectivity index (χ3n) is 3.37. The van der Waals surface area contributed by atoms with Gasteiger partial charge in [-0.3, -0.25) is 0 Å². The van der Waals surface area contributed by atoms with Crippen LogP contribution in [-0.2, 0) is 0 Å². The molecule has 0 amide bonds. The van der Waals surface area contributed by atoms with Crippen molar-refractivity contribution >= 4 is 11.5 Å². The highest BCUT2D eigenvalue weighted by Crippen LogP contribution is 2.37. The highest BCUT2D eigenvalue weighted by atomic mass is 32.1. The molecule has 0 bridgehead atoms. The molecule has 108 valence electrons. The largest absolute Gasteiger partial charge is 0.443 e. The zero-order chi connectivity index (χ0) is 15.5. The van der Waals surface area contributed by atoms with Gasteiger partial charge in [0.15, 0.2) is 0 Å². The van der Waals surface area contributed by atoms with Gasteiger partial charge in [-0.25, -0.2) is 0 Å². The Morgan fingerprint density at radius 3 is 2.59 bits per heavy atom. The van der Waals surface area contributed by atoms with E-state index in [1.807, 2.05) is 62.4 Å². The SMILES string of the molecule is Cc1ccc(C)c(Oc2snc(-c3ccccc3)c2C#N)c1. The van der Waals surface area contributed by atoms with Crippen LogP contribution in [0.15, 0.2) is 48.5 Å². The average molecular weight is 306 g/mol. The second-order valence-corrected chi connectivity index (χ2v) is 5.78. The van der Waals surface area contributed by atoms with Gasteiger partial charge >= 0.3 is 0 Å². The van der Waals surface area contributed by atoms with E-state index in [0.717, 1.165) is 22.4 Å². The van der Waals surface area contributed by atoms with Gasteiger partial charge in [-0.15, -0.1) is 0 Å². The fourth-order valence-electron chi connectivity index (χ4n) is 2.15. The second kappa shape index (κ2) is 6.00. The van der Waals surface area contributed by atoms with Crippen molar-refractivity contribution in [1.82, 2.24) is 4.37 Å². The predicted octanol–water partition coefficient (Wildman–Crippen LogP) is 5.09. The van der Waals surface area contributed by atoms with Crippen LogP contribution in [0.25, 0.3) is 11.3 Å². The zero-order valence-electron chi connectivity index (χ0n) is 12.3. The van der Waals surface area contributed by atoms with E-state index in [1.165, 1.54) is 11.5 Å². The van der Waals surface area contributed by atoms with Gasteiger partial charge in [0.2, 0.25) is 5.06 Å². The molecule has 2 aromatic carbocycles. The molecule has 0 N–H and O–H groups in total. The molecule has 0 radical (unpaired) electrons. The van der Waals surface area contributed by atoms with E-state index < -0.39 is 0 Å². The molecule has 0 aliphatic heterocycles. The Kier molecular flexibility index (Phi) is 3.90. The summed E-state index contributed by atoms with van der Waals surface area (Å²) in [5, 5.41) is 10.0. The molecular formula is C18H14N2OS. The Labute approximate surface area is 133 Å². The maximum atomic E-state index is 9.49. The van der Waals surface area contributed by atoms with Crippen molar-refractivity contribution in [1.29, 1.82) is 5.26 Å². The van der Waals surface area contributed by atoms with E-state index in [0.29, 0.717) is 16.3 Å². The first kappa shape index (κ1) is 14.3. The third kappa shape index (κ3) is 2.72. The Morgan fingerprint density at radius 2 is 1.86 bits per heavy atom. The first-order valence-electron chi connectivity index (χ1n) is 6.89. The van der Waals surface area contributed by atoms with E-state index in [2.05, 4.69) is 10.4 Å². The number of hydrogen-bond acceptors (Lipinski definition) is 4. The summed E-state index contributed by atoms with van der Waals surface area (Å²) in [5.74, 6) is 0.764. The summed E-state index contributed by atoms with van der Waals surface area (Å²) in [6, 6.07) is 17.9. The maximum Gasteiger partial charge on any atom is 0.218 e. The van der Waals surface area contributed by atoms with Crippen molar-refractivity contribution in [3.63, 3.8) is 0 Å². The molecule has 1 heterocycles. The van der Waals surface area contributed by atoms with Crippen LogP contribution >= 0.6 is 11.5 Å². The van der Waals surface area contributed by atoms with Crippen LogP contribution in [0.2, 0.25) is 0 Å². The van der Waals surface area contributed by atoms with Crippen LogP contribution in [0.4, 0.5) is 0 Å². The summed E-state index contributed by atoms with van der Waals surface area (Å²) < 4.78 is 10.3. The Hall–Kier alpha value is -2.64. The van der Waals surface area contributed by atoms with Gasteiger partial charge in [0.1, 0.15) is 23.1 Å². The van der Waals surface area contributed by atoms with Gasteiger partial charge < -0.3 is 4.74 Å². The molecule has 1 aromatic heterocycles. The molecule has 0 unspecified atom stereocenters. The van der Waals surface area contributed by atoms with Crippen molar-refractivity contribution in [3.8, 4) is 28.1 Å². The minimum Gasteiger partial charge on any atom is -0.443 e. The summed E-state index contributed by atoms with van der Waals surface area (Å²) in [4.78, 5) is 0. The smallest absolute Gasteiger partial charge is 0.218 e. The van der Waals surface area contributed by atoms with Crippen LogP contribution in [0.5, 0.6) is 10.8 Å². The monoisotopic (exact) mass is 306 g/mol. The van der Waals surface area contributed by atoms with Crippen LogP contribution in [0, 0.1) is 25.2 Å². The van der Waals surface area contributed by atoms with Crippen molar-refractivity contribution < 1.29 is 4.74 Å². The van der Waals surface area contributed by atoms with Gasteiger partial charge in [0.05, 0.1) is 0 Å². The lowest BCUT2D eigenvalue weighted by atomic mass is 10.1. The fourth-order valence-corrected chi connectivity index (χ4v) is 2.89. The van der Waals surface area contributed by atoms with Crippen LogP contribution in [0.1, 0.15) is 16.7 Å². The predicted molar refractivity (Wildman–Crippen MR) is 88.3 cm³/mol. The molecule has 0 fully saturated rings. The van der Waals surface area contributed by atoms with E-state index in [9.17, 15) is 5.26 Å². The molecule has 0 spiro atoms. The molecule has 3 rings (SSSR count). The molecular weight excluding hydrogens is 292 g/mol. The summed E-state index contributed by atoms with van der Waals surface area (Å²) in [5.41, 5.74) is 4.23. The Balaban J connectivity index is 2.01. The summed E-state index contributed by atoms with van der Waals surface area (Å²) in [7, 11) is 0. The van der Waals surface area contributed by atoms with E-state index >= 15 is 0 Å². The lowest BCUT2D eigenvalue weighted by Crippen LogP contribution is -1.89. The first-order chi connectivity index (χ1) is 10.7. The summed E-state index contributed by atoms with van der Waals surface area (Å²) in [6.07, 6.45) is 0. The van der Waals surface area contributed by atoms with Crippen LogP contribution in [-0.4, -0.2) is 4.37 Å². The molecule has 0 saturated heterocycles.